The molecule has 0 atom stereocenters. The Bertz CT molecular complexity index is 379. The molecule has 112 valence electrons. The second-order valence-corrected chi connectivity index (χ2v) is 4.70. The number of hydrogen-bond donors (Lipinski definition) is 2. The zero-order valence-electron chi connectivity index (χ0n) is 11.7. The molecule has 0 aliphatic carbocycles. The minimum Gasteiger partial charge on any atom is -0.358 e. The molecular formula is C13H21N3O4. The molecule has 1 rings (SSSR count). The van der Waals surface area contributed by atoms with E-state index in [4.69, 9.17) is 0 Å². The molecule has 4 amide bonds. The van der Waals surface area contributed by atoms with Crippen LogP contribution in [0.3, 0.4) is 0 Å². The summed E-state index contributed by atoms with van der Waals surface area (Å²) in [7, 11) is 1.51. The molecule has 0 aromatic heterocycles. The van der Waals surface area contributed by atoms with E-state index in [1.165, 1.54) is 11.9 Å². The van der Waals surface area contributed by atoms with Gasteiger partial charge in [0.2, 0.25) is 23.6 Å². The van der Waals surface area contributed by atoms with E-state index in [1.807, 2.05) is 0 Å². The molecule has 20 heavy (non-hydrogen) atoms. The fraction of sp³-hybridized carbons (Fsp3) is 0.692. The zero-order chi connectivity index (χ0) is 15.0. The van der Waals surface area contributed by atoms with Gasteiger partial charge in [-0.25, -0.2) is 0 Å². The standard InChI is InChI=1S/C13H21N3O4/c1-14-11(18)9-15-10(17)5-3-2-4-8-16-12(19)6-7-13(16)20/h2-9H2,1H3,(H,14,18)(H,15,17). The van der Waals surface area contributed by atoms with Crippen molar-refractivity contribution in [1.82, 2.24) is 15.5 Å². The number of likely N-dealkylation sites (tertiary alicyclic amines) is 1. The van der Waals surface area contributed by atoms with Crippen LogP contribution in [-0.2, 0) is 19.2 Å². The van der Waals surface area contributed by atoms with Crippen molar-refractivity contribution in [1.29, 1.82) is 0 Å². The molecule has 0 aromatic rings. The van der Waals surface area contributed by atoms with Gasteiger partial charge >= 0.3 is 0 Å². The van der Waals surface area contributed by atoms with Crippen LogP contribution in [0.4, 0.5) is 0 Å². The van der Waals surface area contributed by atoms with Gasteiger partial charge in [0.05, 0.1) is 6.54 Å². The summed E-state index contributed by atoms with van der Waals surface area (Å²) in [6.45, 7) is 0.434. The van der Waals surface area contributed by atoms with E-state index in [-0.39, 0.29) is 30.2 Å². The SMILES string of the molecule is CNC(=O)CNC(=O)CCCCCN1C(=O)CCC1=O. The molecule has 0 radical (unpaired) electrons. The Labute approximate surface area is 118 Å². The van der Waals surface area contributed by atoms with Gasteiger partial charge in [-0.2, -0.15) is 0 Å². The third-order valence-corrected chi connectivity index (χ3v) is 3.17. The van der Waals surface area contributed by atoms with Gasteiger partial charge in [-0.3, -0.25) is 24.1 Å². The fourth-order valence-electron chi connectivity index (χ4n) is 1.96. The first-order valence-corrected chi connectivity index (χ1v) is 6.85. The predicted molar refractivity (Wildman–Crippen MR) is 71.5 cm³/mol. The molecule has 7 heteroatoms. The van der Waals surface area contributed by atoms with Gasteiger partial charge in [-0.05, 0) is 12.8 Å². The number of amides is 4. The molecule has 1 fully saturated rings. The lowest BCUT2D eigenvalue weighted by atomic mass is 10.2. The maximum Gasteiger partial charge on any atom is 0.239 e. The summed E-state index contributed by atoms with van der Waals surface area (Å²) in [6.07, 6.45) is 3.14. The van der Waals surface area contributed by atoms with Gasteiger partial charge in [0.25, 0.3) is 0 Å². The third kappa shape index (κ3) is 5.38. The molecule has 0 unspecified atom stereocenters. The highest BCUT2D eigenvalue weighted by atomic mass is 16.2. The lowest BCUT2D eigenvalue weighted by Crippen LogP contribution is -2.35. The molecule has 1 saturated heterocycles. The first-order chi connectivity index (χ1) is 9.54. The summed E-state index contributed by atoms with van der Waals surface area (Å²) in [5.41, 5.74) is 0. The quantitative estimate of drug-likeness (QED) is 0.466. The lowest BCUT2D eigenvalue weighted by molar-refractivity contribution is -0.138. The van der Waals surface area contributed by atoms with Crippen molar-refractivity contribution >= 4 is 23.6 Å². The average Bonchev–Trinajstić information content (AvgIpc) is 2.75. The molecule has 0 aromatic carbocycles. The van der Waals surface area contributed by atoms with Gasteiger partial charge in [-0.1, -0.05) is 6.42 Å². The van der Waals surface area contributed by atoms with E-state index < -0.39 is 0 Å². The monoisotopic (exact) mass is 283 g/mol. The fourth-order valence-corrected chi connectivity index (χ4v) is 1.96. The number of rotatable bonds is 8. The van der Waals surface area contributed by atoms with Crippen LogP contribution in [0.1, 0.15) is 38.5 Å². The first-order valence-electron chi connectivity index (χ1n) is 6.85. The highest BCUT2D eigenvalue weighted by Crippen LogP contribution is 2.13. The third-order valence-electron chi connectivity index (χ3n) is 3.17. The zero-order valence-corrected chi connectivity index (χ0v) is 11.7. The largest absolute Gasteiger partial charge is 0.358 e. The van der Waals surface area contributed by atoms with Crippen LogP contribution in [0.15, 0.2) is 0 Å². The Balaban J connectivity index is 2.04. The normalized spacial score (nSPS) is 14.6. The molecule has 2 N–H and O–H groups in total. The number of hydrogen-bond acceptors (Lipinski definition) is 4. The molecular weight excluding hydrogens is 262 g/mol. The Morgan fingerprint density at radius 2 is 1.70 bits per heavy atom. The van der Waals surface area contributed by atoms with Crippen molar-refractivity contribution in [3.8, 4) is 0 Å². The van der Waals surface area contributed by atoms with E-state index in [0.717, 1.165) is 6.42 Å². The van der Waals surface area contributed by atoms with Gasteiger partial charge in [-0.15, -0.1) is 0 Å². The highest BCUT2D eigenvalue weighted by molar-refractivity contribution is 6.01. The molecule has 1 aliphatic heterocycles. The number of nitrogens with one attached hydrogen (secondary N) is 2. The van der Waals surface area contributed by atoms with E-state index in [1.54, 1.807) is 0 Å². The summed E-state index contributed by atoms with van der Waals surface area (Å²) in [6, 6.07) is 0. The maximum absolute atomic E-state index is 11.4. The van der Waals surface area contributed by atoms with Crippen LogP contribution >= 0.6 is 0 Å². The van der Waals surface area contributed by atoms with Gasteiger partial charge in [0.1, 0.15) is 0 Å². The van der Waals surface area contributed by atoms with Crippen molar-refractivity contribution in [2.24, 2.45) is 0 Å². The van der Waals surface area contributed by atoms with Gasteiger partial charge < -0.3 is 10.6 Å². The first kappa shape index (κ1) is 16.1. The van der Waals surface area contributed by atoms with Gasteiger partial charge in [0, 0.05) is 32.9 Å². The van der Waals surface area contributed by atoms with Crippen LogP contribution in [0.25, 0.3) is 0 Å². The number of imide groups is 1. The molecule has 0 bridgehead atoms. The van der Waals surface area contributed by atoms with E-state index in [0.29, 0.717) is 38.6 Å². The number of nitrogens with zero attached hydrogens (tertiary/aromatic N) is 1. The topological polar surface area (TPSA) is 95.6 Å². The van der Waals surface area contributed by atoms with Crippen molar-refractivity contribution in [3.05, 3.63) is 0 Å². The number of unbranched alkanes of at least 4 members (excludes halogenated alkanes) is 2. The van der Waals surface area contributed by atoms with Crippen LogP contribution in [-0.4, -0.2) is 48.7 Å². The van der Waals surface area contributed by atoms with Crippen LogP contribution < -0.4 is 10.6 Å². The molecule has 7 nitrogen and oxygen atoms in total. The summed E-state index contributed by atoms with van der Waals surface area (Å²) >= 11 is 0. The van der Waals surface area contributed by atoms with Crippen molar-refractivity contribution in [3.63, 3.8) is 0 Å². The molecule has 1 heterocycles. The predicted octanol–water partition coefficient (Wildman–Crippen LogP) is -0.442. The number of likely N-dealkylation sites (N-methyl/N-ethyl adjacent to an activating group) is 1. The van der Waals surface area contributed by atoms with Crippen molar-refractivity contribution in [2.75, 3.05) is 20.1 Å². The minimum absolute atomic E-state index is 0.00782. The van der Waals surface area contributed by atoms with E-state index >= 15 is 0 Å². The summed E-state index contributed by atoms with van der Waals surface area (Å²) in [5, 5.41) is 4.92. The Morgan fingerprint density at radius 1 is 1.05 bits per heavy atom. The lowest BCUT2D eigenvalue weighted by Gasteiger charge is -2.13. The van der Waals surface area contributed by atoms with Crippen LogP contribution in [0.2, 0.25) is 0 Å². The van der Waals surface area contributed by atoms with Crippen molar-refractivity contribution < 1.29 is 19.2 Å². The molecule has 1 aliphatic rings. The van der Waals surface area contributed by atoms with E-state index in [2.05, 4.69) is 10.6 Å². The van der Waals surface area contributed by atoms with Crippen molar-refractivity contribution in [2.45, 2.75) is 38.5 Å². The van der Waals surface area contributed by atoms with Crippen LogP contribution in [0.5, 0.6) is 0 Å². The molecule has 0 spiro atoms. The summed E-state index contributed by atoms with van der Waals surface area (Å²) < 4.78 is 0. The van der Waals surface area contributed by atoms with E-state index in [9.17, 15) is 19.2 Å². The summed E-state index contributed by atoms with van der Waals surface area (Å²) in [5.74, 6) is -0.594. The number of carbonyl (C=O) groups excluding carboxylic acids is 4. The second-order valence-electron chi connectivity index (χ2n) is 4.70. The average molecular weight is 283 g/mol. The smallest absolute Gasteiger partial charge is 0.239 e. The highest BCUT2D eigenvalue weighted by Gasteiger charge is 2.27. The molecule has 0 saturated carbocycles. The summed E-state index contributed by atoms with van der Waals surface area (Å²) in [4.78, 5) is 46.3. The second kappa shape index (κ2) is 8.29. The Morgan fingerprint density at radius 3 is 2.30 bits per heavy atom. The van der Waals surface area contributed by atoms with Gasteiger partial charge in [0.15, 0.2) is 0 Å². The minimum atomic E-state index is -0.232. The Kier molecular flexibility index (Phi) is 6.69. The Hall–Kier alpha value is -1.92. The van der Waals surface area contributed by atoms with Crippen LogP contribution in [0, 0.1) is 0 Å². The maximum atomic E-state index is 11.4. The number of carbonyl (C=O) groups is 4.